The van der Waals surface area contributed by atoms with Crippen LogP contribution in [0.2, 0.25) is 0 Å². The zero-order valence-electron chi connectivity index (χ0n) is 8.13. The van der Waals surface area contributed by atoms with Gasteiger partial charge >= 0.3 is 0 Å². The molecule has 0 bridgehead atoms. The van der Waals surface area contributed by atoms with Crippen molar-refractivity contribution in [2.75, 3.05) is 0 Å². The summed E-state index contributed by atoms with van der Waals surface area (Å²) in [4.78, 5) is 14.3. The maximum absolute atomic E-state index is 9.80. The van der Waals surface area contributed by atoms with E-state index in [1.54, 1.807) is 0 Å². The number of hydrogen-bond acceptors (Lipinski definition) is 3. The van der Waals surface area contributed by atoms with E-state index in [2.05, 4.69) is 22.3 Å². The third-order valence-electron chi connectivity index (χ3n) is 2.10. The van der Waals surface area contributed by atoms with Crippen molar-refractivity contribution in [2.24, 2.45) is 5.34 Å². The van der Waals surface area contributed by atoms with Gasteiger partial charge in [0.15, 0.2) is 5.34 Å². The fraction of sp³-hybridized carbons (Fsp3) is 0.400. The molecule has 3 heteroatoms. The van der Waals surface area contributed by atoms with Crippen molar-refractivity contribution in [1.82, 2.24) is 0 Å². The molecule has 0 fully saturated rings. The van der Waals surface area contributed by atoms with Gasteiger partial charge in [-0.05, 0) is 37.5 Å². The molecule has 0 heterocycles. The third kappa shape index (κ3) is 2.28. The van der Waals surface area contributed by atoms with E-state index in [0.29, 0.717) is 0 Å². The molecule has 1 aromatic carbocycles. The Morgan fingerprint density at radius 1 is 1.23 bits per heavy atom. The Morgan fingerprint density at radius 3 is 2.23 bits per heavy atom. The van der Waals surface area contributed by atoms with Crippen LogP contribution in [0.3, 0.4) is 0 Å². The highest BCUT2D eigenvalue weighted by Gasteiger charge is 2.03. The van der Waals surface area contributed by atoms with Crippen LogP contribution in [0.15, 0.2) is 17.5 Å². The molecule has 0 radical (unpaired) electrons. The molecule has 70 valence electrons. The van der Waals surface area contributed by atoms with E-state index in [-0.39, 0.29) is 6.61 Å². The smallest absolute Gasteiger partial charge is 0.155 e. The van der Waals surface area contributed by atoms with Gasteiger partial charge in [-0.1, -0.05) is 17.7 Å². The Hall–Kier alpha value is -1.38. The lowest BCUT2D eigenvalue weighted by molar-refractivity contribution is 0.125. The third-order valence-corrected chi connectivity index (χ3v) is 2.10. The average molecular weight is 179 g/mol. The molecule has 0 unspecified atom stereocenters. The average Bonchev–Trinajstić information content (AvgIpc) is 2.02. The molecule has 0 aliphatic rings. The molecule has 0 aromatic heterocycles. The zero-order chi connectivity index (χ0) is 9.84. The molecule has 0 N–H and O–H groups in total. The lowest BCUT2D eigenvalue weighted by Gasteiger charge is -2.08. The lowest BCUT2D eigenvalue weighted by Crippen LogP contribution is -1.95. The van der Waals surface area contributed by atoms with Crippen molar-refractivity contribution in [3.63, 3.8) is 0 Å². The van der Waals surface area contributed by atoms with Crippen LogP contribution in [-0.4, -0.2) is 0 Å². The van der Waals surface area contributed by atoms with Crippen molar-refractivity contribution in [3.05, 3.63) is 39.3 Å². The van der Waals surface area contributed by atoms with Crippen LogP contribution in [-0.2, 0) is 11.4 Å². The molecular weight excluding hydrogens is 166 g/mol. The normalized spacial score (nSPS) is 9.77. The van der Waals surface area contributed by atoms with Gasteiger partial charge in [-0.3, -0.25) is 0 Å². The summed E-state index contributed by atoms with van der Waals surface area (Å²) in [6.07, 6.45) is 0. The van der Waals surface area contributed by atoms with Gasteiger partial charge < -0.3 is 4.84 Å². The van der Waals surface area contributed by atoms with Crippen molar-refractivity contribution in [2.45, 2.75) is 27.4 Å². The number of rotatable bonds is 3. The summed E-state index contributed by atoms with van der Waals surface area (Å²) in [7, 11) is 0. The molecule has 0 saturated heterocycles. The minimum Gasteiger partial charge on any atom is -0.359 e. The standard InChI is InChI=1S/C10H13NO2/c1-7-4-8(2)10(6-13-11-12)9(3)5-7/h4-5H,6H2,1-3H3. The summed E-state index contributed by atoms with van der Waals surface area (Å²) in [5.74, 6) is 0. The first-order valence-corrected chi connectivity index (χ1v) is 4.16. The van der Waals surface area contributed by atoms with E-state index >= 15 is 0 Å². The molecule has 0 atom stereocenters. The molecule has 0 spiro atoms. The van der Waals surface area contributed by atoms with Crippen LogP contribution in [0.1, 0.15) is 22.3 Å². The second-order valence-corrected chi connectivity index (χ2v) is 3.23. The van der Waals surface area contributed by atoms with Gasteiger partial charge in [0.1, 0.15) is 6.61 Å². The second kappa shape index (κ2) is 4.03. The summed E-state index contributed by atoms with van der Waals surface area (Å²) in [5.41, 5.74) is 4.55. The van der Waals surface area contributed by atoms with Crippen LogP contribution >= 0.6 is 0 Å². The summed E-state index contributed by atoms with van der Waals surface area (Å²) < 4.78 is 0. The molecule has 1 aromatic rings. The Balaban J connectivity index is 2.98. The minimum atomic E-state index is 0.265. The lowest BCUT2D eigenvalue weighted by atomic mass is 10.0. The number of hydrogen-bond donors (Lipinski definition) is 0. The van der Waals surface area contributed by atoms with Crippen LogP contribution in [0, 0.1) is 25.7 Å². The number of nitrogens with zero attached hydrogens (tertiary/aromatic N) is 1. The maximum Gasteiger partial charge on any atom is 0.155 e. The summed E-state index contributed by atoms with van der Waals surface area (Å²) in [6, 6.07) is 4.13. The maximum atomic E-state index is 9.80. The molecule has 1 rings (SSSR count). The molecule has 0 aliphatic carbocycles. The van der Waals surface area contributed by atoms with Gasteiger partial charge in [-0.2, -0.15) is 0 Å². The molecule has 0 saturated carbocycles. The Morgan fingerprint density at radius 2 is 1.77 bits per heavy atom. The van der Waals surface area contributed by atoms with Crippen molar-refractivity contribution >= 4 is 0 Å². The van der Waals surface area contributed by atoms with E-state index in [0.717, 1.165) is 16.7 Å². The Bertz CT molecular complexity index is 298. The van der Waals surface area contributed by atoms with Gasteiger partial charge in [0, 0.05) is 0 Å². The molecule has 13 heavy (non-hydrogen) atoms. The molecule has 3 nitrogen and oxygen atoms in total. The number of benzene rings is 1. The minimum absolute atomic E-state index is 0.265. The van der Waals surface area contributed by atoms with Crippen LogP contribution in [0.4, 0.5) is 0 Å². The predicted molar refractivity (Wildman–Crippen MR) is 51.2 cm³/mol. The Kier molecular flexibility index (Phi) is 3.01. The quantitative estimate of drug-likeness (QED) is 0.528. The highest BCUT2D eigenvalue weighted by molar-refractivity contribution is 5.36. The molecule has 0 amide bonds. The van der Waals surface area contributed by atoms with Crippen molar-refractivity contribution in [3.8, 4) is 0 Å². The van der Waals surface area contributed by atoms with Crippen molar-refractivity contribution in [1.29, 1.82) is 0 Å². The van der Waals surface area contributed by atoms with Gasteiger partial charge in [0.05, 0.1) is 0 Å². The van der Waals surface area contributed by atoms with Crippen LogP contribution in [0.25, 0.3) is 0 Å². The fourth-order valence-corrected chi connectivity index (χ4v) is 1.53. The monoisotopic (exact) mass is 179 g/mol. The van der Waals surface area contributed by atoms with Crippen LogP contribution < -0.4 is 0 Å². The molecule has 0 aliphatic heterocycles. The van der Waals surface area contributed by atoms with E-state index in [1.165, 1.54) is 5.56 Å². The van der Waals surface area contributed by atoms with E-state index in [9.17, 15) is 4.91 Å². The SMILES string of the molecule is Cc1cc(C)c(CON=O)c(C)c1. The highest BCUT2D eigenvalue weighted by atomic mass is 16.7. The summed E-state index contributed by atoms with van der Waals surface area (Å²) in [6.45, 7) is 6.32. The highest BCUT2D eigenvalue weighted by Crippen LogP contribution is 2.17. The largest absolute Gasteiger partial charge is 0.359 e. The number of aryl methyl sites for hydroxylation is 3. The van der Waals surface area contributed by atoms with Gasteiger partial charge in [-0.25, -0.2) is 0 Å². The zero-order valence-corrected chi connectivity index (χ0v) is 8.13. The second-order valence-electron chi connectivity index (χ2n) is 3.23. The predicted octanol–water partition coefficient (Wildman–Crippen LogP) is 2.81. The fourth-order valence-electron chi connectivity index (χ4n) is 1.53. The van der Waals surface area contributed by atoms with E-state index < -0.39 is 0 Å². The summed E-state index contributed by atoms with van der Waals surface area (Å²) in [5, 5.41) is 2.39. The van der Waals surface area contributed by atoms with Crippen LogP contribution in [0.5, 0.6) is 0 Å². The molecular formula is C10H13NO2. The van der Waals surface area contributed by atoms with Gasteiger partial charge in [-0.15, -0.1) is 4.91 Å². The topological polar surface area (TPSA) is 38.7 Å². The van der Waals surface area contributed by atoms with Crippen molar-refractivity contribution < 1.29 is 4.84 Å². The van der Waals surface area contributed by atoms with Gasteiger partial charge in [0.25, 0.3) is 0 Å². The van der Waals surface area contributed by atoms with Gasteiger partial charge in [0.2, 0.25) is 0 Å². The van der Waals surface area contributed by atoms with E-state index in [1.807, 2.05) is 20.8 Å². The van der Waals surface area contributed by atoms with E-state index in [4.69, 9.17) is 0 Å². The first-order chi connectivity index (χ1) is 6.15. The first kappa shape index (κ1) is 9.71. The summed E-state index contributed by atoms with van der Waals surface area (Å²) >= 11 is 0. The first-order valence-electron chi connectivity index (χ1n) is 4.16. The Labute approximate surface area is 77.7 Å².